The normalized spacial score (nSPS) is 13.0. The summed E-state index contributed by atoms with van der Waals surface area (Å²) < 4.78 is 34.8. The maximum Gasteiger partial charge on any atom is 0.381 e. The van der Waals surface area contributed by atoms with Gasteiger partial charge < -0.3 is 4.74 Å². The van der Waals surface area contributed by atoms with Gasteiger partial charge in [0.25, 0.3) is 0 Å². The van der Waals surface area contributed by atoms with Crippen LogP contribution in [0, 0.1) is 11.8 Å². The summed E-state index contributed by atoms with van der Waals surface area (Å²) in [6, 6.07) is 8.15. The van der Waals surface area contributed by atoms with Crippen LogP contribution in [0.15, 0.2) is 42.7 Å². The molecule has 1 heterocycles. The van der Waals surface area contributed by atoms with Crippen LogP contribution in [-0.4, -0.2) is 37.1 Å². The Morgan fingerprint density at radius 1 is 1.25 bits per heavy atom. The third-order valence-corrected chi connectivity index (χ3v) is 4.73. The molecular formula is C16H20N2O5S. The molecule has 0 radical (unpaired) electrons. The van der Waals surface area contributed by atoms with E-state index in [4.69, 9.17) is 8.92 Å². The molecule has 7 nitrogen and oxygen atoms in total. The zero-order valence-corrected chi connectivity index (χ0v) is 14.6. The Bertz CT molecular complexity index is 767. The Labute approximate surface area is 141 Å². The Hall–Kier alpha value is -2.19. The van der Waals surface area contributed by atoms with Crippen molar-refractivity contribution >= 4 is 16.1 Å². The number of rotatable bonds is 8. The molecule has 0 aliphatic carbocycles. The number of methoxy groups -OCH3 is 1. The highest BCUT2D eigenvalue weighted by molar-refractivity contribution is 7.85. The van der Waals surface area contributed by atoms with Crippen molar-refractivity contribution < 1.29 is 22.1 Å². The van der Waals surface area contributed by atoms with Crippen LogP contribution in [0.3, 0.4) is 0 Å². The van der Waals surface area contributed by atoms with E-state index in [1.165, 1.54) is 18.5 Å². The number of ketones is 1. The van der Waals surface area contributed by atoms with Gasteiger partial charge in [0.2, 0.25) is 0 Å². The molecule has 24 heavy (non-hydrogen) atoms. The van der Waals surface area contributed by atoms with E-state index in [2.05, 4.69) is 5.10 Å². The first-order chi connectivity index (χ1) is 11.3. The van der Waals surface area contributed by atoms with Crippen LogP contribution in [-0.2, 0) is 14.5 Å². The molecule has 0 saturated heterocycles. The number of benzene rings is 1. The van der Waals surface area contributed by atoms with Gasteiger partial charge in [-0.1, -0.05) is 13.8 Å². The minimum Gasteiger partial charge on any atom is -0.497 e. The maximum atomic E-state index is 12.7. The summed E-state index contributed by atoms with van der Waals surface area (Å²) in [7, 11) is -2.50. The second kappa shape index (κ2) is 7.59. The molecule has 0 aliphatic rings. The highest BCUT2D eigenvalue weighted by Gasteiger charge is 2.27. The highest BCUT2D eigenvalue weighted by Crippen LogP contribution is 2.21. The molecule has 0 bridgehead atoms. The SMILES string of the molecule is COc1ccc(C(=O)C(COS(=O)(=O)n2cccn2)C(C)C)cc1. The van der Waals surface area contributed by atoms with Crippen molar-refractivity contribution in [2.24, 2.45) is 11.8 Å². The van der Waals surface area contributed by atoms with Crippen molar-refractivity contribution in [1.29, 1.82) is 0 Å². The van der Waals surface area contributed by atoms with Gasteiger partial charge in [-0.3, -0.25) is 8.98 Å². The molecule has 1 unspecified atom stereocenters. The largest absolute Gasteiger partial charge is 0.497 e. The molecule has 2 aromatic rings. The smallest absolute Gasteiger partial charge is 0.381 e. The second-order valence-electron chi connectivity index (χ2n) is 5.56. The molecule has 8 heteroatoms. The third kappa shape index (κ3) is 4.21. The Morgan fingerprint density at radius 2 is 1.92 bits per heavy atom. The number of ether oxygens (including phenoxy) is 1. The number of Topliss-reactive ketones (excluding diaryl/α,β-unsaturated/α-hetero) is 1. The maximum absolute atomic E-state index is 12.7. The topological polar surface area (TPSA) is 87.5 Å². The molecule has 2 rings (SSSR count). The predicted molar refractivity (Wildman–Crippen MR) is 88.1 cm³/mol. The van der Waals surface area contributed by atoms with Crippen molar-refractivity contribution in [2.45, 2.75) is 13.8 Å². The lowest BCUT2D eigenvalue weighted by Gasteiger charge is -2.19. The van der Waals surface area contributed by atoms with Gasteiger partial charge in [-0.15, -0.1) is 4.09 Å². The average Bonchev–Trinajstić information content (AvgIpc) is 3.10. The molecule has 0 saturated carbocycles. The van der Waals surface area contributed by atoms with E-state index in [1.807, 2.05) is 13.8 Å². The lowest BCUT2D eigenvalue weighted by molar-refractivity contribution is 0.0828. The summed E-state index contributed by atoms with van der Waals surface area (Å²) in [6.07, 6.45) is 2.61. The molecule has 0 fully saturated rings. The van der Waals surface area contributed by atoms with Crippen LogP contribution >= 0.6 is 0 Å². The van der Waals surface area contributed by atoms with E-state index in [0.29, 0.717) is 11.3 Å². The number of carbonyl (C=O) groups is 1. The van der Waals surface area contributed by atoms with E-state index >= 15 is 0 Å². The summed E-state index contributed by atoms with van der Waals surface area (Å²) in [5.41, 5.74) is 0.481. The van der Waals surface area contributed by atoms with Gasteiger partial charge in [0.15, 0.2) is 5.78 Å². The minimum absolute atomic E-state index is 0.0903. The van der Waals surface area contributed by atoms with Crippen LogP contribution < -0.4 is 4.74 Å². The molecule has 1 atom stereocenters. The van der Waals surface area contributed by atoms with Gasteiger partial charge in [0.05, 0.1) is 19.9 Å². The quantitative estimate of drug-likeness (QED) is 0.677. The van der Waals surface area contributed by atoms with Gasteiger partial charge in [0.1, 0.15) is 5.75 Å². The van der Waals surface area contributed by atoms with Gasteiger partial charge in [-0.25, -0.2) is 0 Å². The molecular weight excluding hydrogens is 332 g/mol. The van der Waals surface area contributed by atoms with Crippen molar-refractivity contribution in [3.63, 3.8) is 0 Å². The van der Waals surface area contributed by atoms with Crippen molar-refractivity contribution in [3.05, 3.63) is 48.3 Å². The number of nitrogens with zero attached hydrogens (tertiary/aromatic N) is 2. The van der Waals surface area contributed by atoms with E-state index in [-0.39, 0.29) is 18.3 Å². The van der Waals surface area contributed by atoms with Crippen LogP contribution in [0.4, 0.5) is 0 Å². The van der Waals surface area contributed by atoms with Crippen LogP contribution in [0.25, 0.3) is 0 Å². The number of aromatic nitrogens is 2. The van der Waals surface area contributed by atoms with Crippen molar-refractivity contribution in [3.8, 4) is 5.75 Å². The minimum atomic E-state index is -4.04. The fraction of sp³-hybridized carbons (Fsp3) is 0.375. The Kier molecular flexibility index (Phi) is 5.74. The van der Waals surface area contributed by atoms with E-state index in [1.54, 1.807) is 31.4 Å². The monoisotopic (exact) mass is 352 g/mol. The number of carbonyl (C=O) groups excluding carboxylic acids is 1. The fourth-order valence-corrected chi connectivity index (χ4v) is 2.96. The van der Waals surface area contributed by atoms with Crippen LogP contribution in [0.1, 0.15) is 24.2 Å². The molecule has 130 valence electrons. The van der Waals surface area contributed by atoms with Gasteiger partial charge in [-0.2, -0.15) is 13.5 Å². The zero-order valence-electron chi connectivity index (χ0n) is 13.7. The lowest BCUT2D eigenvalue weighted by atomic mass is 9.89. The Morgan fingerprint density at radius 3 is 2.42 bits per heavy atom. The van der Waals surface area contributed by atoms with Crippen LogP contribution in [0.5, 0.6) is 5.75 Å². The van der Waals surface area contributed by atoms with Crippen LogP contribution in [0.2, 0.25) is 0 Å². The van der Waals surface area contributed by atoms with Crippen molar-refractivity contribution in [1.82, 2.24) is 9.19 Å². The van der Waals surface area contributed by atoms with E-state index in [9.17, 15) is 13.2 Å². The summed E-state index contributed by atoms with van der Waals surface area (Å²) in [6.45, 7) is 3.44. The fourth-order valence-electron chi connectivity index (χ4n) is 2.14. The molecule has 0 amide bonds. The molecule has 1 aromatic heterocycles. The van der Waals surface area contributed by atoms with E-state index in [0.717, 1.165) is 4.09 Å². The average molecular weight is 352 g/mol. The Balaban J connectivity index is 2.12. The molecule has 0 spiro atoms. The van der Waals surface area contributed by atoms with Gasteiger partial charge >= 0.3 is 10.3 Å². The molecule has 0 aliphatic heterocycles. The molecule has 1 aromatic carbocycles. The van der Waals surface area contributed by atoms with Crippen molar-refractivity contribution in [2.75, 3.05) is 13.7 Å². The first kappa shape index (κ1) is 18.2. The summed E-state index contributed by atoms with van der Waals surface area (Å²) in [5, 5.41) is 3.64. The zero-order chi connectivity index (χ0) is 17.7. The summed E-state index contributed by atoms with van der Waals surface area (Å²) in [5.74, 6) is -0.218. The predicted octanol–water partition coefficient (Wildman–Crippen LogP) is 2.16. The summed E-state index contributed by atoms with van der Waals surface area (Å²) in [4.78, 5) is 12.7. The number of hydrogen-bond acceptors (Lipinski definition) is 6. The molecule has 0 N–H and O–H groups in total. The first-order valence-corrected chi connectivity index (χ1v) is 8.79. The highest BCUT2D eigenvalue weighted by atomic mass is 32.2. The summed E-state index contributed by atoms with van der Waals surface area (Å²) >= 11 is 0. The number of hydrogen-bond donors (Lipinski definition) is 0. The van der Waals surface area contributed by atoms with Gasteiger partial charge in [0, 0.05) is 17.7 Å². The third-order valence-electron chi connectivity index (χ3n) is 3.62. The lowest BCUT2D eigenvalue weighted by Crippen LogP contribution is -2.29. The standard InChI is InChI=1S/C16H20N2O5S/c1-12(2)15(11-23-24(20,21)18-10-4-9-17-18)16(19)13-5-7-14(22-3)8-6-13/h4-10,12,15H,11H2,1-3H3. The van der Waals surface area contributed by atoms with E-state index < -0.39 is 16.2 Å². The first-order valence-electron chi connectivity index (χ1n) is 7.43. The second-order valence-corrected chi connectivity index (χ2v) is 7.03. The van der Waals surface area contributed by atoms with Gasteiger partial charge in [-0.05, 0) is 36.2 Å².